The van der Waals surface area contributed by atoms with E-state index in [0.29, 0.717) is 12.8 Å². The lowest BCUT2D eigenvalue weighted by Gasteiger charge is -2.17. The second-order valence-electron chi connectivity index (χ2n) is 4.40. The summed E-state index contributed by atoms with van der Waals surface area (Å²) in [6, 6.07) is 3.86. The summed E-state index contributed by atoms with van der Waals surface area (Å²) in [4.78, 5) is 0. The molecule has 0 amide bonds. The van der Waals surface area contributed by atoms with Crippen LogP contribution in [0, 0.1) is 12.3 Å². The Balaban J connectivity index is 2.93. The Morgan fingerprint density at radius 2 is 2.21 bits per heavy atom. The first-order valence-corrected chi connectivity index (χ1v) is 10.3. The number of hydrogen-bond acceptors (Lipinski definition) is 4. The number of anilines is 1. The van der Waals surface area contributed by atoms with Crippen molar-refractivity contribution in [1.29, 1.82) is 5.41 Å². The van der Waals surface area contributed by atoms with Gasteiger partial charge < -0.3 is 20.7 Å². The van der Waals surface area contributed by atoms with Crippen LogP contribution in [0.5, 0.6) is 0 Å². The van der Waals surface area contributed by atoms with Gasteiger partial charge in [0, 0.05) is 30.4 Å². The summed E-state index contributed by atoms with van der Waals surface area (Å²) in [6.07, 6.45) is 3.51. The summed E-state index contributed by atoms with van der Waals surface area (Å²) in [6.45, 7) is 2.12. The lowest BCUT2D eigenvalue weighted by Crippen LogP contribution is -2.03. The van der Waals surface area contributed by atoms with E-state index >= 15 is 0 Å². The highest BCUT2D eigenvalue weighted by atomic mass is 127. The number of aliphatic hydroxyl groups is 2. The first-order chi connectivity index (χ1) is 9.13. The molecule has 0 aromatic heterocycles. The van der Waals surface area contributed by atoms with Gasteiger partial charge in [0.25, 0.3) is 0 Å². The van der Waals surface area contributed by atoms with E-state index in [1.54, 1.807) is 0 Å². The molecule has 6 heteroatoms. The van der Waals surface area contributed by atoms with Gasteiger partial charge in [-0.05, 0) is 71.5 Å². The normalized spacial score (nSPS) is 12.8. The molecule has 0 radical (unpaired) electrons. The molecule has 0 fully saturated rings. The molecule has 0 saturated carbocycles. The molecular weight excluding hydrogens is 374 g/mol. The van der Waals surface area contributed by atoms with Crippen molar-refractivity contribution in [2.75, 3.05) is 11.7 Å². The van der Waals surface area contributed by atoms with Crippen LogP contribution >= 0.6 is 28.4 Å². The zero-order valence-corrected chi connectivity index (χ0v) is 14.1. The highest BCUT2D eigenvalue weighted by molar-refractivity contribution is 14.2. The second-order valence-corrected chi connectivity index (χ2v) is 6.45. The summed E-state index contributed by atoms with van der Waals surface area (Å²) in [5.74, 6) is 0. The number of benzene rings is 1. The molecule has 0 bridgehead atoms. The Kier molecular flexibility index (Phi) is 7.83. The molecule has 4 nitrogen and oxygen atoms in total. The average Bonchev–Trinajstić information content (AvgIpc) is 2.40. The van der Waals surface area contributed by atoms with Crippen molar-refractivity contribution in [1.82, 2.24) is 0 Å². The van der Waals surface area contributed by atoms with E-state index in [9.17, 15) is 5.11 Å². The molecule has 0 heterocycles. The minimum absolute atomic E-state index is 0.168. The van der Waals surface area contributed by atoms with Crippen LogP contribution in [0.15, 0.2) is 12.1 Å². The Hall–Kier alpha value is -0.230. The summed E-state index contributed by atoms with van der Waals surface area (Å²) in [7, 11) is 0. The number of aliphatic hydroxyl groups excluding tert-OH is 2. The maximum Gasteiger partial charge on any atom is 0.0793 e. The third kappa shape index (κ3) is 4.99. The molecule has 106 valence electrons. The van der Waals surface area contributed by atoms with Crippen LogP contribution in [0.2, 0.25) is 0 Å². The summed E-state index contributed by atoms with van der Waals surface area (Å²) >= 11 is 2.24. The molecule has 0 spiro atoms. The van der Waals surface area contributed by atoms with E-state index in [1.165, 1.54) is 6.21 Å². The van der Waals surface area contributed by atoms with Crippen LogP contribution in [0.4, 0.5) is 5.69 Å². The molecule has 2 atom stereocenters. The van der Waals surface area contributed by atoms with Crippen molar-refractivity contribution in [3.05, 3.63) is 28.8 Å². The van der Waals surface area contributed by atoms with Crippen molar-refractivity contribution in [2.45, 2.75) is 32.3 Å². The first-order valence-electron chi connectivity index (χ1n) is 6.19. The monoisotopic (exact) mass is 394 g/mol. The summed E-state index contributed by atoms with van der Waals surface area (Å²) < 4.78 is 0. The number of rotatable bonds is 8. The fourth-order valence-electron chi connectivity index (χ4n) is 1.99. The Morgan fingerprint density at radius 1 is 1.47 bits per heavy atom. The van der Waals surface area contributed by atoms with E-state index in [1.807, 2.05) is 19.1 Å². The maximum absolute atomic E-state index is 10.2. The number of aryl methyl sites for hydroxylation is 1. The molecule has 0 aliphatic rings. The largest absolute Gasteiger partial charge is 0.396 e. The van der Waals surface area contributed by atoms with Crippen molar-refractivity contribution in [3.8, 4) is 0 Å². The van der Waals surface area contributed by atoms with Gasteiger partial charge in [-0.1, -0.05) is 0 Å². The van der Waals surface area contributed by atoms with Gasteiger partial charge in [0.05, 0.1) is 6.10 Å². The number of halogens is 1. The fourth-order valence-corrected chi connectivity index (χ4v) is 3.18. The van der Waals surface area contributed by atoms with Crippen LogP contribution in [-0.4, -0.2) is 23.0 Å². The van der Waals surface area contributed by atoms with Crippen LogP contribution in [0.1, 0.15) is 42.1 Å². The van der Waals surface area contributed by atoms with E-state index in [2.05, 4.69) is 27.1 Å². The van der Waals surface area contributed by atoms with Gasteiger partial charge in [0.1, 0.15) is 0 Å². The molecule has 0 aliphatic heterocycles. The van der Waals surface area contributed by atoms with Crippen LogP contribution in [-0.2, 0) is 0 Å². The molecule has 2 unspecified atom stereocenters. The van der Waals surface area contributed by atoms with Gasteiger partial charge in [0.15, 0.2) is 0 Å². The third-order valence-electron chi connectivity index (χ3n) is 3.02. The highest BCUT2D eigenvalue weighted by Crippen LogP contribution is 2.32. The molecule has 1 rings (SSSR count). The third-order valence-corrected chi connectivity index (χ3v) is 4.19. The second kappa shape index (κ2) is 8.84. The quantitative estimate of drug-likeness (QED) is 0.236. The van der Waals surface area contributed by atoms with Crippen molar-refractivity contribution in [2.24, 2.45) is 0 Å². The number of nitrogens with one attached hydrogen (secondary N) is 2. The standard InChI is InChI=1S/C13H20IN2O2P/c1-9-6-10(8-15)12(16-19-14)7-11(9)13(18)4-2-3-5-17/h6-8,13,15-19H,2-5H2,1H3. The minimum Gasteiger partial charge on any atom is -0.396 e. The maximum atomic E-state index is 10.2. The van der Waals surface area contributed by atoms with Gasteiger partial charge in [-0.3, -0.25) is 0 Å². The fraction of sp³-hybridized carbons (Fsp3) is 0.462. The Bertz CT molecular complexity index is 429. The first kappa shape index (κ1) is 16.8. The van der Waals surface area contributed by atoms with E-state index < -0.39 is 6.10 Å². The number of unbranched alkanes of at least 4 members (excludes halogenated alkanes) is 1. The smallest absolute Gasteiger partial charge is 0.0793 e. The Morgan fingerprint density at radius 3 is 2.79 bits per heavy atom. The van der Waals surface area contributed by atoms with Crippen molar-refractivity contribution >= 4 is 40.3 Å². The van der Waals surface area contributed by atoms with Gasteiger partial charge in [-0.15, -0.1) is 0 Å². The predicted octanol–water partition coefficient (Wildman–Crippen LogP) is 3.54. The van der Waals surface area contributed by atoms with Gasteiger partial charge >= 0.3 is 0 Å². The highest BCUT2D eigenvalue weighted by Gasteiger charge is 2.13. The molecule has 19 heavy (non-hydrogen) atoms. The van der Waals surface area contributed by atoms with Crippen LogP contribution < -0.4 is 5.09 Å². The molecular formula is C13H20IN2O2P. The van der Waals surface area contributed by atoms with E-state index in [0.717, 1.165) is 35.2 Å². The van der Waals surface area contributed by atoms with E-state index in [4.69, 9.17) is 10.5 Å². The predicted molar refractivity (Wildman–Crippen MR) is 90.9 cm³/mol. The van der Waals surface area contributed by atoms with Gasteiger partial charge in [-0.2, -0.15) is 0 Å². The lowest BCUT2D eigenvalue weighted by molar-refractivity contribution is 0.159. The zero-order chi connectivity index (χ0) is 14.3. The van der Waals surface area contributed by atoms with Crippen molar-refractivity contribution < 1.29 is 10.2 Å². The Labute approximate surface area is 128 Å². The minimum atomic E-state index is -0.510. The average molecular weight is 394 g/mol. The molecule has 4 N–H and O–H groups in total. The van der Waals surface area contributed by atoms with Crippen LogP contribution in [0.25, 0.3) is 0 Å². The molecule has 1 aromatic rings. The zero-order valence-electron chi connectivity index (χ0n) is 10.9. The molecule has 0 saturated heterocycles. The summed E-state index contributed by atoms with van der Waals surface area (Å²) in [5.41, 5.74) is 3.63. The number of hydrogen-bond donors (Lipinski definition) is 4. The van der Waals surface area contributed by atoms with Gasteiger partial charge in [-0.25, -0.2) is 0 Å². The lowest BCUT2D eigenvalue weighted by atomic mass is 9.96. The van der Waals surface area contributed by atoms with Crippen LogP contribution in [0.3, 0.4) is 0 Å². The summed E-state index contributed by atoms with van der Waals surface area (Å²) in [5, 5.41) is 29.6. The topological polar surface area (TPSA) is 76.3 Å². The SMILES string of the molecule is Cc1cc(C=N)c(NPI)cc1C(O)CCCCO. The van der Waals surface area contributed by atoms with E-state index in [-0.39, 0.29) is 6.61 Å². The molecule has 1 aromatic carbocycles. The van der Waals surface area contributed by atoms with Gasteiger partial charge in [0.2, 0.25) is 0 Å². The molecule has 0 aliphatic carbocycles. The van der Waals surface area contributed by atoms with Crippen molar-refractivity contribution in [3.63, 3.8) is 0 Å².